The van der Waals surface area contributed by atoms with Crippen molar-refractivity contribution in [1.82, 2.24) is 5.32 Å². The van der Waals surface area contributed by atoms with Gasteiger partial charge in [0.2, 0.25) is 0 Å². The molecule has 2 aromatic rings. The molecule has 0 spiro atoms. The number of benzene rings is 2. The van der Waals surface area contributed by atoms with Crippen LogP contribution in [0.3, 0.4) is 0 Å². The number of nitrogens with one attached hydrogen (secondary N) is 1. The highest BCUT2D eigenvalue weighted by Crippen LogP contribution is 2.23. The van der Waals surface area contributed by atoms with Crippen LogP contribution in [0, 0.1) is 6.92 Å². The van der Waals surface area contributed by atoms with Crippen molar-refractivity contribution >= 4 is 23.2 Å². The van der Waals surface area contributed by atoms with Crippen LogP contribution in [-0.4, -0.2) is 5.91 Å². The summed E-state index contributed by atoms with van der Waals surface area (Å²) in [6.07, 6.45) is 0. The summed E-state index contributed by atoms with van der Waals surface area (Å²) >= 11 is 6.16. The van der Waals surface area contributed by atoms with Crippen LogP contribution in [-0.2, 0) is 0 Å². The molecule has 1 atom stereocenters. The molecule has 1 amide bonds. The molecule has 0 fully saturated rings. The van der Waals surface area contributed by atoms with Gasteiger partial charge >= 0.3 is 0 Å². The Morgan fingerprint density at radius 1 is 1.20 bits per heavy atom. The Morgan fingerprint density at radius 3 is 2.60 bits per heavy atom. The summed E-state index contributed by atoms with van der Waals surface area (Å²) in [5.41, 5.74) is 8.83. The summed E-state index contributed by atoms with van der Waals surface area (Å²) in [6.45, 7) is 3.77. The van der Waals surface area contributed by atoms with Crippen LogP contribution < -0.4 is 11.1 Å². The van der Waals surface area contributed by atoms with Gasteiger partial charge in [0.05, 0.1) is 16.6 Å². The van der Waals surface area contributed by atoms with Crippen molar-refractivity contribution < 1.29 is 4.79 Å². The monoisotopic (exact) mass is 288 g/mol. The van der Waals surface area contributed by atoms with Gasteiger partial charge in [0.25, 0.3) is 5.91 Å². The van der Waals surface area contributed by atoms with Gasteiger partial charge in [-0.05, 0) is 37.1 Å². The number of hydrogen-bond acceptors (Lipinski definition) is 2. The molecule has 0 saturated carbocycles. The fourth-order valence-corrected chi connectivity index (χ4v) is 2.29. The minimum atomic E-state index is -0.200. The standard InChI is InChI=1S/C16H17ClN2O/c1-10-6-5-8-13(15(10)17)16(20)19-11(2)12-7-3-4-9-14(12)18/h3-9,11H,18H2,1-2H3,(H,19,20). The number of hydrogen-bond donors (Lipinski definition) is 2. The number of nitrogen functional groups attached to an aromatic ring is 1. The highest BCUT2D eigenvalue weighted by Gasteiger charge is 2.16. The zero-order valence-electron chi connectivity index (χ0n) is 11.5. The average molecular weight is 289 g/mol. The largest absolute Gasteiger partial charge is 0.398 e. The third-order valence-electron chi connectivity index (χ3n) is 3.25. The van der Waals surface area contributed by atoms with Gasteiger partial charge in [0, 0.05) is 5.69 Å². The zero-order valence-corrected chi connectivity index (χ0v) is 12.2. The zero-order chi connectivity index (χ0) is 14.7. The molecule has 0 aliphatic heterocycles. The topological polar surface area (TPSA) is 55.1 Å². The maximum Gasteiger partial charge on any atom is 0.253 e. The fraction of sp³-hybridized carbons (Fsp3) is 0.188. The number of anilines is 1. The Balaban J connectivity index is 2.20. The SMILES string of the molecule is Cc1cccc(C(=O)NC(C)c2ccccc2N)c1Cl. The Bertz CT molecular complexity index is 640. The molecule has 2 aromatic carbocycles. The van der Waals surface area contributed by atoms with E-state index in [-0.39, 0.29) is 11.9 Å². The summed E-state index contributed by atoms with van der Waals surface area (Å²) in [6, 6.07) is 12.7. The van der Waals surface area contributed by atoms with Crippen LogP contribution in [0.15, 0.2) is 42.5 Å². The molecule has 0 heterocycles. The number of amides is 1. The number of carbonyl (C=O) groups is 1. The van der Waals surface area contributed by atoms with Crippen molar-refractivity contribution in [2.24, 2.45) is 0 Å². The average Bonchev–Trinajstić information content (AvgIpc) is 2.42. The molecular weight excluding hydrogens is 272 g/mol. The summed E-state index contributed by atoms with van der Waals surface area (Å²) in [5.74, 6) is -0.200. The molecule has 3 nitrogen and oxygen atoms in total. The van der Waals surface area contributed by atoms with E-state index in [1.54, 1.807) is 6.07 Å². The van der Waals surface area contributed by atoms with Gasteiger partial charge in [0.1, 0.15) is 0 Å². The van der Waals surface area contributed by atoms with Crippen molar-refractivity contribution in [2.45, 2.75) is 19.9 Å². The lowest BCUT2D eigenvalue weighted by atomic mass is 10.1. The fourth-order valence-electron chi connectivity index (χ4n) is 2.08. The van der Waals surface area contributed by atoms with Crippen molar-refractivity contribution in [2.75, 3.05) is 5.73 Å². The van der Waals surface area contributed by atoms with E-state index in [1.165, 1.54) is 0 Å². The normalized spacial score (nSPS) is 11.9. The summed E-state index contributed by atoms with van der Waals surface area (Å²) in [4.78, 5) is 12.3. The molecule has 3 N–H and O–H groups in total. The first kappa shape index (κ1) is 14.4. The molecule has 1 unspecified atom stereocenters. The molecule has 104 valence electrons. The number of para-hydroxylation sites is 1. The first-order valence-electron chi connectivity index (χ1n) is 6.41. The van der Waals surface area contributed by atoms with E-state index < -0.39 is 0 Å². The van der Waals surface area contributed by atoms with Crippen molar-refractivity contribution in [1.29, 1.82) is 0 Å². The van der Waals surface area contributed by atoms with E-state index >= 15 is 0 Å². The highest BCUT2D eigenvalue weighted by atomic mass is 35.5. The van der Waals surface area contributed by atoms with Crippen molar-refractivity contribution in [3.05, 3.63) is 64.2 Å². The van der Waals surface area contributed by atoms with Crippen LogP contribution in [0.2, 0.25) is 5.02 Å². The predicted molar refractivity (Wildman–Crippen MR) is 82.9 cm³/mol. The third-order valence-corrected chi connectivity index (χ3v) is 3.75. The maximum atomic E-state index is 12.3. The van der Waals surface area contributed by atoms with Crippen LogP contribution in [0.25, 0.3) is 0 Å². The second-order valence-electron chi connectivity index (χ2n) is 4.76. The number of nitrogens with two attached hydrogens (primary N) is 1. The molecule has 20 heavy (non-hydrogen) atoms. The minimum Gasteiger partial charge on any atom is -0.398 e. The highest BCUT2D eigenvalue weighted by molar-refractivity contribution is 6.34. The van der Waals surface area contributed by atoms with Crippen LogP contribution in [0.5, 0.6) is 0 Å². The van der Waals surface area contributed by atoms with Gasteiger partial charge in [-0.2, -0.15) is 0 Å². The molecule has 0 aliphatic carbocycles. The van der Waals surface area contributed by atoms with E-state index in [4.69, 9.17) is 17.3 Å². The molecule has 4 heteroatoms. The molecule has 2 rings (SSSR count). The van der Waals surface area contributed by atoms with Gasteiger partial charge in [-0.3, -0.25) is 4.79 Å². The van der Waals surface area contributed by atoms with E-state index in [2.05, 4.69) is 5.32 Å². The van der Waals surface area contributed by atoms with Crippen LogP contribution in [0.1, 0.15) is 34.5 Å². The summed E-state index contributed by atoms with van der Waals surface area (Å²) < 4.78 is 0. The lowest BCUT2D eigenvalue weighted by Gasteiger charge is -2.17. The Morgan fingerprint density at radius 2 is 1.90 bits per heavy atom. The minimum absolute atomic E-state index is 0.180. The number of halogens is 1. The molecular formula is C16H17ClN2O. The Kier molecular flexibility index (Phi) is 4.30. The molecule has 0 aromatic heterocycles. The first-order chi connectivity index (χ1) is 9.50. The number of aryl methyl sites for hydroxylation is 1. The van der Waals surface area contributed by atoms with Crippen LogP contribution in [0.4, 0.5) is 5.69 Å². The van der Waals surface area contributed by atoms with E-state index in [1.807, 2.05) is 50.2 Å². The number of rotatable bonds is 3. The maximum absolute atomic E-state index is 12.3. The Hall–Kier alpha value is -2.00. The lowest BCUT2D eigenvalue weighted by Crippen LogP contribution is -2.27. The molecule has 0 saturated heterocycles. The molecule has 0 radical (unpaired) electrons. The van der Waals surface area contributed by atoms with Crippen molar-refractivity contribution in [3.8, 4) is 0 Å². The van der Waals surface area contributed by atoms with Crippen LogP contribution >= 0.6 is 11.6 Å². The lowest BCUT2D eigenvalue weighted by molar-refractivity contribution is 0.0940. The van der Waals surface area contributed by atoms with Gasteiger partial charge in [-0.25, -0.2) is 0 Å². The van der Waals surface area contributed by atoms with Gasteiger partial charge in [0.15, 0.2) is 0 Å². The second-order valence-corrected chi connectivity index (χ2v) is 5.14. The van der Waals surface area contributed by atoms with E-state index in [9.17, 15) is 4.79 Å². The van der Waals surface area contributed by atoms with E-state index in [0.717, 1.165) is 11.1 Å². The molecule has 0 aliphatic rings. The number of carbonyl (C=O) groups excluding carboxylic acids is 1. The van der Waals surface area contributed by atoms with Gasteiger partial charge in [-0.15, -0.1) is 0 Å². The van der Waals surface area contributed by atoms with Crippen molar-refractivity contribution in [3.63, 3.8) is 0 Å². The smallest absolute Gasteiger partial charge is 0.253 e. The van der Waals surface area contributed by atoms with Gasteiger partial charge in [-0.1, -0.05) is 41.9 Å². The quantitative estimate of drug-likeness (QED) is 0.846. The first-order valence-corrected chi connectivity index (χ1v) is 6.79. The Labute approximate surface area is 123 Å². The molecule has 0 bridgehead atoms. The summed E-state index contributed by atoms with van der Waals surface area (Å²) in [5, 5.41) is 3.40. The predicted octanol–water partition coefficient (Wildman–Crippen LogP) is 3.72. The van der Waals surface area contributed by atoms with Gasteiger partial charge < -0.3 is 11.1 Å². The summed E-state index contributed by atoms with van der Waals surface area (Å²) in [7, 11) is 0. The third kappa shape index (κ3) is 2.94. The second kappa shape index (κ2) is 5.97. The van der Waals surface area contributed by atoms with E-state index in [0.29, 0.717) is 16.3 Å².